The van der Waals surface area contributed by atoms with Gasteiger partial charge in [-0.3, -0.25) is 9.59 Å². The van der Waals surface area contributed by atoms with E-state index in [-0.39, 0.29) is 17.2 Å². The van der Waals surface area contributed by atoms with E-state index in [1.54, 1.807) is 0 Å². The second-order valence-corrected chi connectivity index (χ2v) is 5.87. The van der Waals surface area contributed by atoms with Gasteiger partial charge in [0.2, 0.25) is 0 Å². The van der Waals surface area contributed by atoms with E-state index in [1.807, 2.05) is 31.2 Å². The summed E-state index contributed by atoms with van der Waals surface area (Å²) in [5, 5.41) is 6.99. The summed E-state index contributed by atoms with van der Waals surface area (Å²) >= 11 is 0. The van der Waals surface area contributed by atoms with Crippen molar-refractivity contribution in [1.82, 2.24) is 9.78 Å². The molecule has 0 radical (unpaired) electrons. The van der Waals surface area contributed by atoms with Crippen molar-refractivity contribution in [2.45, 2.75) is 46.1 Å². The monoisotopic (exact) mass is 313 g/mol. The van der Waals surface area contributed by atoms with Crippen molar-refractivity contribution in [2.24, 2.45) is 0 Å². The first-order chi connectivity index (χ1) is 11.0. The van der Waals surface area contributed by atoms with Crippen LogP contribution in [-0.2, 0) is 6.54 Å². The lowest BCUT2D eigenvalue weighted by Gasteiger charge is -2.10. The Labute approximate surface area is 136 Å². The fourth-order valence-corrected chi connectivity index (χ4v) is 2.21. The predicted molar refractivity (Wildman–Crippen MR) is 91.9 cm³/mol. The van der Waals surface area contributed by atoms with Crippen LogP contribution in [0.15, 0.2) is 41.2 Å². The number of hydrogen-bond donors (Lipinski definition) is 1. The number of aryl methyl sites for hydroxylation is 1. The Morgan fingerprint density at radius 2 is 2.04 bits per heavy atom. The molecule has 0 atom stereocenters. The number of rotatable bonds is 6. The van der Waals surface area contributed by atoms with Gasteiger partial charge in [0.15, 0.2) is 0 Å². The molecular formula is C18H23N3O2. The van der Waals surface area contributed by atoms with Gasteiger partial charge in [-0.15, -0.1) is 0 Å². The molecule has 0 aliphatic rings. The average Bonchev–Trinajstić information content (AvgIpc) is 2.54. The summed E-state index contributed by atoms with van der Waals surface area (Å²) in [6, 6.07) is 10.6. The van der Waals surface area contributed by atoms with Gasteiger partial charge >= 0.3 is 0 Å². The van der Waals surface area contributed by atoms with E-state index >= 15 is 0 Å². The second-order valence-electron chi connectivity index (χ2n) is 5.87. The maximum absolute atomic E-state index is 12.3. The summed E-state index contributed by atoms with van der Waals surface area (Å²) in [5.74, 6) is 0.0806. The highest BCUT2D eigenvalue weighted by Gasteiger charge is 2.10. The number of nitrogens with zero attached hydrogens (tertiary/aromatic N) is 2. The number of unbranched alkanes of at least 4 members (excludes halogenated alkanes) is 1. The van der Waals surface area contributed by atoms with Crippen molar-refractivity contribution >= 4 is 11.6 Å². The molecule has 0 fully saturated rings. The molecular weight excluding hydrogens is 290 g/mol. The average molecular weight is 313 g/mol. The van der Waals surface area contributed by atoms with E-state index in [0.717, 1.165) is 24.1 Å². The van der Waals surface area contributed by atoms with Gasteiger partial charge in [-0.1, -0.05) is 39.3 Å². The molecule has 0 unspecified atom stereocenters. The van der Waals surface area contributed by atoms with Crippen LogP contribution in [0.3, 0.4) is 0 Å². The Bertz CT molecular complexity index is 735. The zero-order chi connectivity index (χ0) is 16.8. The number of hydrogen-bond acceptors (Lipinski definition) is 3. The molecule has 2 rings (SSSR count). The Morgan fingerprint density at radius 1 is 1.26 bits per heavy atom. The summed E-state index contributed by atoms with van der Waals surface area (Å²) in [5.41, 5.74) is 1.95. The Balaban J connectivity index is 2.17. The number of carbonyl (C=O) groups excluding carboxylic acids is 1. The van der Waals surface area contributed by atoms with Gasteiger partial charge in [-0.25, -0.2) is 4.68 Å². The fraction of sp³-hybridized carbons (Fsp3) is 0.389. The summed E-state index contributed by atoms with van der Waals surface area (Å²) < 4.78 is 1.35. The number of nitrogens with one attached hydrogen (secondary N) is 1. The summed E-state index contributed by atoms with van der Waals surface area (Å²) in [6.45, 7) is 6.78. The van der Waals surface area contributed by atoms with Gasteiger partial charge < -0.3 is 5.32 Å². The molecule has 1 amide bonds. The van der Waals surface area contributed by atoms with Crippen LogP contribution in [0.25, 0.3) is 0 Å². The van der Waals surface area contributed by atoms with Gasteiger partial charge in [-0.2, -0.15) is 5.10 Å². The van der Waals surface area contributed by atoms with E-state index in [4.69, 9.17) is 0 Å². The van der Waals surface area contributed by atoms with Gasteiger partial charge in [0.1, 0.15) is 5.69 Å². The molecule has 122 valence electrons. The molecule has 0 bridgehead atoms. The fourth-order valence-electron chi connectivity index (χ4n) is 2.21. The first-order valence-corrected chi connectivity index (χ1v) is 8.00. The lowest BCUT2D eigenvalue weighted by Crippen LogP contribution is -2.26. The zero-order valence-corrected chi connectivity index (χ0v) is 13.9. The minimum absolute atomic E-state index is 0.184. The van der Waals surface area contributed by atoms with Crippen LogP contribution in [0.1, 0.15) is 55.6 Å². The summed E-state index contributed by atoms with van der Waals surface area (Å²) in [7, 11) is 0. The number of anilines is 1. The smallest absolute Gasteiger partial charge is 0.276 e. The molecule has 1 heterocycles. The first kappa shape index (κ1) is 16.9. The van der Waals surface area contributed by atoms with Crippen LogP contribution in [0, 0.1) is 0 Å². The molecule has 5 nitrogen and oxygen atoms in total. The van der Waals surface area contributed by atoms with Gasteiger partial charge in [0.05, 0.1) is 0 Å². The van der Waals surface area contributed by atoms with E-state index in [9.17, 15) is 9.59 Å². The van der Waals surface area contributed by atoms with Crippen molar-refractivity contribution in [3.63, 3.8) is 0 Å². The third-order valence-corrected chi connectivity index (χ3v) is 3.63. The van der Waals surface area contributed by atoms with Gasteiger partial charge in [0.25, 0.3) is 11.5 Å². The quantitative estimate of drug-likeness (QED) is 0.888. The molecule has 0 aliphatic carbocycles. The molecule has 5 heteroatoms. The standard InChI is InChI=1S/C18H23N3O2/c1-4-5-11-21-17(22)10-9-16(20-21)18(23)19-15-8-6-7-14(12-15)13(2)3/h6-10,12-13H,4-5,11H2,1-3H3,(H,19,23). The highest BCUT2D eigenvalue weighted by Crippen LogP contribution is 2.18. The van der Waals surface area contributed by atoms with Gasteiger partial charge in [-0.05, 0) is 36.1 Å². The van der Waals surface area contributed by atoms with Crippen LogP contribution in [0.2, 0.25) is 0 Å². The van der Waals surface area contributed by atoms with E-state index in [0.29, 0.717) is 12.5 Å². The van der Waals surface area contributed by atoms with Crippen molar-refractivity contribution < 1.29 is 4.79 Å². The lowest BCUT2D eigenvalue weighted by atomic mass is 10.0. The molecule has 23 heavy (non-hydrogen) atoms. The van der Waals surface area contributed by atoms with Crippen LogP contribution in [-0.4, -0.2) is 15.7 Å². The third-order valence-electron chi connectivity index (χ3n) is 3.63. The second kappa shape index (κ2) is 7.72. The maximum atomic E-state index is 12.3. The largest absolute Gasteiger partial charge is 0.321 e. The summed E-state index contributed by atoms with van der Waals surface area (Å²) in [4.78, 5) is 24.1. The predicted octanol–water partition coefficient (Wildman–Crippen LogP) is 3.42. The summed E-state index contributed by atoms with van der Waals surface area (Å²) in [6.07, 6.45) is 1.82. The molecule has 0 saturated heterocycles. The highest BCUT2D eigenvalue weighted by molar-refractivity contribution is 6.02. The van der Waals surface area contributed by atoms with Crippen LogP contribution in [0.4, 0.5) is 5.69 Å². The van der Waals surface area contributed by atoms with Crippen molar-refractivity contribution in [3.05, 3.63) is 58.0 Å². The zero-order valence-electron chi connectivity index (χ0n) is 13.9. The van der Waals surface area contributed by atoms with Crippen LogP contribution in [0.5, 0.6) is 0 Å². The Kier molecular flexibility index (Phi) is 5.68. The van der Waals surface area contributed by atoms with Crippen molar-refractivity contribution in [2.75, 3.05) is 5.32 Å². The molecule has 1 aromatic heterocycles. The SMILES string of the molecule is CCCCn1nc(C(=O)Nc2cccc(C(C)C)c2)ccc1=O. The maximum Gasteiger partial charge on any atom is 0.276 e. The lowest BCUT2D eigenvalue weighted by molar-refractivity contribution is 0.101. The topological polar surface area (TPSA) is 64.0 Å². The third kappa shape index (κ3) is 4.52. The van der Waals surface area contributed by atoms with E-state index < -0.39 is 0 Å². The van der Waals surface area contributed by atoms with Gasteiger partial charge in [0, 0.05) is 18.3 Å². The minimum atomic E-state index is -0.309. The molecule has 0 spiro atoms. The molecule has 0 aliphatic heterocycles. The van der Waals surface area contributed by atoms with Crippen molar-refractivity contribution in [1.29, 1.82) is 0 Å². The van der Waals surface area contributed by atoms with Crippen molar-refractivity contribution in [3.8, 4) is 0 Å². The van der Waals surface area contributed by atoms with E-state index in [1.165, 1.54) is 16.8 Å². The number of carbonyl (C=O) groups is 1. The Morgan fingerprint density at radius 3 is 2.74 bits per heavy atom. The number of aromatic nitrogens is 2. The number of benzene rings is 1. The van der Waals surface area contributed by atoms with Crippen LogP contribution >= 0.6 is 0 Å². The normalized spacial score (nSPS) is 10.8. The number of amides is 1. The van der Waals surface area contributed by atoms with E-state index in [2.05, 4.69) is 24.3 Å². The Hall–Kier alpha value is -2.43. The molecule has 1 N–H and O–H groups in total. The van der Waals surface area contributed by atoms with Crippen LogP contribution < -0.4 is 10.9 Å². The molecule has 0 saturated carbocycles. The molecule has 2 aromatic rings. The first-order valence-electron chi connectivity index (χ1n) is 8.00. The minimum Gasteiger partial charge on any atom is -0.321 e. The molecule has 1 aromatic carbocycles. The highest BCUT2D eigenvalue weighted by atomic mass is 16.2.